The summed E-state index contributed by atoms with van der Waals surface area (Å²) >= 11 is 8.78. The van der Waals surface area contributed by atoms with Crippen molar-refractivity contribution >= 4 is 66.0 Å². The summed E-state index contributed by atoms with van der Waals surface area (Å²) in [5.74, 6) is -0.245. The first-order valence-electron chi connectivity index (χ1n) is 5.47. The van der Waals surface area contributed by atoms with E-state index in [1.807, 2.05) is 12.1 Å². The normalized spacial score (nSPS) is 9.90. The average molecular weight is 506 g/mol. The number of benzene rings is 2. The zero-order valence-electron chi connectivity index (χ0n) is 9.95. The van der Waals surface area contributed by atoms with Gasteiger partial charge in [0.05, 0.1) is 16.8 Å². The molecule has 0 bridgehead atoms. The first kappa shape index (κ1) is 15.5. The molecule has 1 amide bonds. The maximum absolute atomic E-state index is 12.3. The molecule has 0 spiro atoms. The van der Waals surface area contributed by atoms with Crippen molar-refractivity contribution < 1.29 is 4.79 Å². The molecule has 0 saturated heterocycles. The molecular formula is C14H7Br2IN2O. The predicted octanol–water partition coefficient (Wildman–Crippen LogP) is 4.94. The Kier molecular flexibility index (Phi) is 5.18. The van der Waals surface area contributed by atoms with Gasteiger partial charge in [-0.3, -0.25) is 4.79 Å². The Balaban J connectivity index is 2.35. The third kappa shape index (κ3) is 3.59. The molecule has 0 heterocycles. The molecule has 2 aromatic carbocycles. The summed E-state index contributed by atoms with van der Waals surface area (Å²) in [5.41, 5.74) is 1.47. The fourth-order valence-corrected chi connectivity index (χ4v) is 2.88. The Labute approximate surface area is 146 Å². The van der Waals surface area contributed by atoms with Gasteiger partial charge in [0.2, 0.25) is 0 Å². The second-order valence-electron chi connectivity index (χ2n) is 3.88. The van der Waals surface area contributed by atoms with Crippen molar-refractivity contribution in [3.05, 3.63) is 60.0 Å². The number of nitrogens with one attached hydrogen (secondary N) is 1. The van der Waals surface area contributed by atoms with E-state index in [4.69, 9.17) is 5.26 Å². The fourth-order valence-electron chi connectivity index (χ4n) is 1.58. The zero-order chi connectivity index (χ0) is 14.7. The molecule has 2 rings (SSSR count). The molecule has 100 valence electrons. The van der Waals surface area contributed by atoms with Gasteiger partial charge in [0.25, 0.3) is 5.91 Å². The molecule has 20 heavy (non-hydrogen) atoms. The van der Waals surface area contributed by atoms with Crippen LogP contribution >= 0.6 is 54.5 Å². The molecule has 0 saturated carbocycles. The van der Waals surface area contributed by atoms with Crippen molar-refractivity contribution in [2.45, 2.75) is 0 Å². The highest BCUT2D eigenvalue weighted by Crippen LogP contribution is 2.23. The van der Waals surface area contributed by atoms with Gasteiger partial charge in [-0.25, -0.2) is 0 Å². The van der Waals surface area contributed by atoms with Crippen LogP contribution in [0.25, 0.3) is 0 Å². The van der Waals surface area contributed by atoms with Crippen LogP contribution in [0.1, 0.15) is 15.9 Å². The van der Waals surface area contributed by atoms with Gasteiger partial charge in [0, 0.05) is 12.5 Å². The number of nitriles is 1. The Morgan fingerprint density at radius 3 is 2.50 bits per heavy atom. The predicted molar refractivity (Wildman–Crippen MR) is 93.7 cm³/mol. The van der Waals surface area contributed by atoms with E-state index in [-0.39, 0.29) is 5.91 Å². The molecule has 0 aliphatic rings. The summed E-state index contributed by atoms with van der Waals surface area (Å²) in [5, 5.41) is 11.8. The highest BCUT2D eigenvalue weighted by molar-refractivity contribution is 14.1. The first-order valence-corrected chi connectivity index (χ1v) is 8.14. The Morgan fingerprint density at radius 2 is 1.80 bits per heavy atom. The quantitative estimate of drug-likeness (QED) is 0.588. The average Bonchev–Trinajstić information content (AvgIpc) is 2.41. The van der Waals surface area contributed by atoms with Gasteiger partial charge in [-0.2, -0.15) is 5.26 Å². The lowest BCUT2D eigenvalue weighted by Gasteiger charge is -2.09. The summed E-state index contributed by atoms with van der Waals surface area (Å²) in [4.78, 5) is 12.3. The Bertz CT molecular complexity index is 726. The van der Waals surface area contributed by atoms with Crippen LogP contribution in [-0.4, -0.2) is 5.91 Å². The van der Waals surface area contributed by atoms with Crippen LogP contribution in [0.3, 0.4) is 0 Å². The van der Waals surface area contributed by atoms with E-state index in [1.54, 1.807) is 24.3 Å². The summed E-state index contributed by atoms with van der Waals surface area (Å²) in [7, 11) is 0. The maximum atomic E-state index is 12.3. The molecule has 3 nitrogen and oxygen atoms in total. The molecule has 0 aliphatic carbocycles. The molecule has 0 atom stereocenters. The number of halogens is 3. The number of anilines is 1. The van der Waals surface area contributed by atoms with Crippen LogP contribution in [0.5, 0.6) is 0 Å². The maximum Gasteiger partial charge on any atom is 0.256 e. The van der Waals surface area contributed by atoms with Crippen molar-refractivity contribution in [2.75, 3.05) is 5.32 Å². The lowest BCUT2D eigenvalue weighted by molar-refractivity contribution is 0.102. The third-order valence-corrected chi connectivity index (χ3v) is 4.45. The van der Waals surface area contributed by atoms with Crippen LogP contribution in [0.2, 0.25) is 0 Å². The van der Waals surface area contributed by atoms with Gasteiger partial charge in [0.15, 0.2) is 0 Å². The van der Waals surface area contributed by atoms with E-state index in [1.165, 1.54) is 0 Å². The van der Waals surface area contributed by atoms with E-state index in [0.29, 0.717) is 16.8 Å². The van der Waals surface area contributed by atoms with Gasteiger partial charge in [-0.15, -0.1) is 0 Å². The highest BCUT2D eigenvalue weighted by atomic mass is 127. The molecule has 1 N–H and O–H groups in total. The lowest BCUT2D eigenvalue weighted by Crippen LogP contribution is -2.14. The van der Waals surface area contributed by atoms with Crippen molar-refractivity contribution in [2.24, 2.45) is 0 Å². The number of carbonyl (C=O) groups excluding carboxylic acids is 1. The van der Waals surface area contributed by atoms with Crippen LogP contribution < -0.4 is 5.32 Å². The number of rotatable bonds is 2. The van der Waals surface area contributed by atoms with Crippen molar-refractivity contribution in [3.8, 4) is 6.07 Å². The van der Waals surface area contributed by atoms with E-state index in [2.05, 4.69) is 65.8 Å². The van der Waals surface area contributed by atoms with Crippen LogP contribution in [0.15, 0.2) is 45.3 Å². The molecule has 0 unspecified atom stereocenters. The van der Waals surface area contributed by atoms with E-state index in [9.17, 15) is 4.79 Å². The summed E-state index contributed by atoms with van der Waals surface area (Å²) in [6, 6.07) is 12.7. The first-order chi connectivity index (χ1) is 9.51. The molecule has 0 fully saturated rings. The topological polar surface area (TPSA) is 52.9 Å². The van der Waals surface area contributed by atoms with Crippen LogP contribution in [-0.2, 0) is 0 Å². The SMILES string of the molecule is N#Cc1ccc(Br)cc1NC(=O)c1cc(Br)ccc1I. The molecule has 2 aromatic rings. The third-order valence-electron chi connectivity index (χ3n) is 2.52. The highest BCUT2D eigenvalue weighted by Gasteiger charge is 2.13. The standard InChI is InChI=1S/C14H7Br2IN2O/c15-9-3-4-12(17)11(5-9)14(20)19-13-6-10(16)2-1-8(13)7-18/h1-6H,(H,19,20). The van der Waals surface area contributed by atoms with Crippen LogP contribution in [0.4, 0.5) is 5.69 Å². The van der Waals surface area contributed by atoms with Crippen molar-refractivity contribution in [1.29, 1.82) is 5.26 Å². The number of amides is 1. The van der Waals surface area contributed by atoms with Gasteiger partial charge >= 0.3 is 0 Å². The van der Waals surface area contributed by atoms with E-state index in [0.717, 1.165) is 12.5 Å². The van der Waals surface area contributed by atoms with Gasteiger partial charge in [-0.1, -0.05) is 31.9 Å². The number of hydrogen-bond acceptors (Lipinski definition) is 2. The zero-order valence-corrected chi connectivity index (χ0v) is 15.3. The van der Waals surface area contributed by atoms with E-state index >= 15 is 0 Å². The van der Waals surface area contributed by atoms with Crippen molar-refractivity contribution in [1.82, 2.24) is 0 Å². The monoisotopic (exact) mass is 504 g/mol. The molecule has 0 aliphatic heterocycles. The minimum atomic E-state index is -0.245. The smallest absolute Gasteiger partial charge is 0.256 e. The Morgan fingerprint density at radius 1 is 1.15 bits per heavy atom. The number of carbonyl (C=O) groups is 1. The number of hydrogen-bond donors (Lipinski definition) is 1. The minimum Gasteiger partial charge on any atom is -0.321 e. The molecule has 0 radical (unpaired) electrons. The van der Waals surface area contributed by atoms with E-state index < -0.39 is 0 Å². The summed E-state index contributed by atoms with van der Waals surface area (Å²) in [6.07, 6.45) is 0. The fraction of sp³-hybridized carbons (Fsp3) is 0. The second kappa shape index (κ2) is 6.70. The van der Waals surface area contributed by atoms with Gasteiger partial charge < -0.3 is 5.32 Å². The summed E-state index contributed by atoms with van der Waals surface area (Å²) < 4.78 is 2.48. The lowest BCUT2D eigenvalue weighted by atomic mass is 10.1. The minimum absolute atomic E-state index is 0.245. The molecular weight excluding hydrogens is 499 g/mol. The molecule has 6 heteroatoms. The van der Waals surface area contributed by atoms with Crippen LogP contribution in [0, 0.1) is 14.9 Å². The summed E-state index contributed by atoms with van der Waals surface area (Å²) in [6.45, 7) is 0. The largest absolute Gasteiger partial charge is 0.321 e. The second-order valence-corrected chi connectivity index (χ2v) is 6.87. The number of nitrogens with zero attached hydrogens (tertiary/aromatic N) is 1. The molecule has 0 aromatic heterocycles. The van der Waals surface area contributed by atoms with Gasteiger partial charge in [0.1, 0.15) is 6.07 Å². The van der Waals surface area contributed by atoms with Gasteiger partial charge in [-0.05, 0) is 59.0 Å². The Hall–Kier alpha value is -0.910. The van der Waals surface area contributed by atoms with Crippen molar-refractivity contribution in [3.63, 3.8) is 0 Å².